The van der Waals surface area contributed by atoms with Crippen molar-refractivity contribution in [2.24, 2.45) is 10.3 Å². The molecule has 0 aliphatic rings. The molecule has 0 saturated carbocycles. The summed E-state index contributed by atoms with van der Waals surface area (Å²) in [5, 5.41) is 12.1. The lowest BCUT2D eigenvalue weighted by atomic mass is 10.1. The highest BCUT2D eigenvalue weighted by molar-refractivity contribution is 9.10. The number of hydrogen-bond donors (Lipinski definition) is 2. The molecule has 0 atom stereocenters. The van der Waals surface area contributed by atoms with Gasteiger partial charge in [-0.05, 0) is 70.5 Å². The third-order valence-corrected chi connectivity index (χ3v) is 5.47. The first-order valence-corrected chi connectivity index (χ1v) is 11.3. The van der Waals surface area contributed by atoms with Gasteiger partial charge >= 0.3 is 5.97 Å². The Kier molecular flexibility index (Phi) is 8.98. The fourth-order valence-electron chi connectivity index (χ4n) is 3.23. The van der Waals surface area contributed by atoms with Crippen molar-refractivity contribution in [1.29, 1.82) is 0 Å². The van der Waals surface area contributed by atoms with Crippen molar-refractivity contribution in [3.8, 4) is 5.75 Å². The third-order valence-electron chi connectivity index (χ3n) is 4.98. The van der Waals surface area contributed by atoms with Gasteiger partial charge in [0.25, 0.3) is 5.91 Å². The van der Waals surface area contributed by atoms with E-state index in [1.807, 2.05) is 42.5 Å². The molecule has 4 aromatic carbocycles. The Morgan fingerprint density at radius 3 is 2.42 bits per heavy atom. The van der Waals surface area contributed by atoms with E-state index in [4.69, 9.17) is 4.74 Å². The maximum Gasteiger partial charge on any atom is 0.343 e. The number of fused-ring (bicyclic) bond motifs is 1. The van der Waals surface area contributed by atoms with Gasteiger partial charge in [0.2, 0.25) is 0 Å². The molecular formula is C26H21BrN4O5. The van der Waals surface area contributed by atoms with Gasteiger partial charge in [-0.2, -0.15) is 5.10 Å². The molecule has 0 bridgehead atoms. The number of benzene rings is 4. The number of amides is 1. The monoisotopic (exact) mass is 548 g/mol. The molecule has 0 aromatic heterocycles. The number of carbonyl (C=O) groups excluding carboxylic acids is 2. The van der Waals surface area contributed by atoms with E-state index >= 15 is 0 Å². The summed E-state index contributed by atoms with van der Waals surface area (Å²) in [6.07, 6.45) is 1.39. The molecule has 10 heteroatoms. The molecule has 9 nitrogen and oxygen atoms in total. The van der Waals surface area contributed by atoms with Crippen molar-refractivity contribution in [3.05, 3.63) is 105 Å². The summed E-state index contributed by atoms with van der Waals surface area (Å²) in [7, 11) is 0. The fourth-order valence-corrected chi connectivity index (χ4v) is 3.60. The van der Waals surface area contributed by atoms with Gasteiger partial charge in [-0.15, -0.1) is 4.91 Å². The van der Waals surface area contributed by atoms with Crippen molar-refractivity contribution in [2.45, 2.75) is 0 Å². The van der Waals surface area contributed by atoms with Crippen LogP contribution in [0.1, 0.15) is 15.9 Å². The first-order valence-electron chi connectivity index (χ1n) is 10.5. The number of nitrogens with one attached hydrogen (secondary N) is 2. The van der Waals surface area contributed by atoms with Crippen LogP contribution in [0, 0.1) is 4.91 Å². The quantitative estimate of drug-likeness (QED) is 0.105. The highest BCUT2D eigenvalue weighted by Gasteiger charge is 2.12. The number of hydrogen-bond acceptors (Lipinski definition) is 7. The van der Waals surface area contributed by atoms with Crippen LogP contribution in [0.4, 0.5) is 11.4 Å². The van der Waals surface area contributed by atoms with Crippen LogP contribution in [-0.2, 0) is 4.79 Å². The second kappa shape index (κ2) is 12.3. The lowest BCUT2D eigenvalue weighted by Gasteiger charge is -2.09. The van der Waals surface area contributed by atoms with E-state index in [1.165, 1.54) is 30.5 Å². The number of nitroso groups, excluding NO2 is 1. The van der Waals surface area contributed by atoms with Gasteiger partial charge in [-0.3, -0.25) is 4.79 Å². The van der Waals surface area contributed by atoms with Gasteiger partial charge in [0, 0.05) is 15.7 Å². The number of rotatable bonds is 8. The molecule has 4 N–H and O–H groups in total. The molecule has 0 spiro atoms. The van der Waals surface area contributed by atoms with Crippen LogP contribution in [0.3, 0.4) is 0 Å². The van der Waals surface area contributed by atoms with Crippen molar-refractivity contribution in [1.82, 2.24) is 5.43 Å². The number of nitrogens with zero attached hydrogens (tertiary/aromatic N) is 2. The predicted molar refractivity (Wildman–Crippen MR) is 143 cm³/mol. The van der Waals surface area contributed by atoms with Crippen LogP contribution < -0.4 is 15.5 Å². The van der Waals surface area contributed by atoms with Crippen molar-refractivity contribution >= 4 is 56.2 Å². The molecule has 0 aliphatic heterocycles. The fraction of sp³-hybridized carbons (Fsp3) is 0.0385. The Hall–Kier alpha value is -4.41. The first-order chi connectivity index (χ1) is 17.0. The van der Waals surface area contributed by atoms with Gasteiger partial charge in [-0.1, -0.05) is 46.3 Å². The number of halogens is 1. The summed E-state index contributed by atoms with van der Waals surface area (Å²) in [5.41, 5.74) is 4.22. The van der Waals surface area contributed by atoms with E-state index in [1.54, 1.807) is 18.2 Å². The lowest BCUT2D eigenvalue weighted by molar-refractivity contribution is -0.119. The minimum absolute atomic E-state index is 0. The van der Waals surface area contributed by atoms with Gasteiger partial charge in [0.15, 0.2) is 0 Å². The molecule has 0 saturated heterocycles. The SMILES string of the molecule is O.O=Nc1ccc(C(=O)Oc2ccc(Br)cc2/C=N/NC(=O)CNc2ccc3ccccc3c2)cc1. The van der Waals surface area contributed by atoms with Gasteiger partial charge in [0.05, 0.1) is 18.3 Å². The third kappa shape index (κ3) is 6.81. The highest BCUT2D eigenvalue weighted by Crippen LogP contribution is 2.23. The van der Waals surface area contributed by atoms with Crippen LogP contribution in [0.5, 0.6) is 5.75 Å². The number of carbonyl (C=O) groups is 2. The minimum atomic E-state index is -0.608. The summed E-state index contributed by atoms with van der Waals surface area (Å²) in [6.45, 7) is 0.0294. The summed E-state index contributed by atoms with van der Waals surface area (Å²) in [4.78, 5) is 35.2. The normalized spacial score (nSPS) is 10.5. The van der Waals surface area contributed by atoms with Crippen molar-refractivity contribution in [2.75, 3.05) is 11.9 Å². The lowest BCUT2D eigenvalue weighted by Crippen LogP contribution is -2.25. The Bertz CT molecular complexity index is 1420. The standard InChI is InChI=1S/C26H19BrN4O4.H2O/c27-21-8-12-24(35-26(33)18-6-9-22(31-34)10-7-18)20(13-21)15-29-30-25(32)16-28-23-11-5-17-3-1-2-4-19(17)14-23;/h1-15,28H,16H2,(H,30,32);1H2/b29-15+;. The molecule has 0 radical (unpaired) electrons. The molecule has 0 heterocycles. The zero-order valence-corrected chi connectivity index (χ0v) is 20.4. The maximum atomic E-state index is 12.5. The Morgan fingerprint density at radius 1 is 0.917 bits per heavy atom. The molecule has 1 amide bonds. The van der Waals surface area contributed by atoms with E-state index in [-0.39, 0.29) is 34.9 Å². The second-order valence-corrected chi connectivity index (χ2v) is 8.33. The average Bonchev–Trinajstić information content (AvgIpc) is 2.88. The molecule has 0 fully saturated rings. The summed E-state index contributed by atoms with van der Waals surface area (Å²) >= 11 is 3.37. The second-order valence-electron chi connectivity index (χ2n) is 7.42. The summed E-state index contributed by atoms with van der Waals surface area (Å²) in [5.74, 6) is -0.696. The van der Waals surface area contributed by atoms with E-state index < -0.39 is 5.97 Å². The summed E-state index contributed by atoms with van der Waals surface area (Å²) < 4.78 is 6.21. The van der Waals surface area contributed by atoms with E-state index in [0.717, 1.165) is 20.9 Å². The maximum absolute atomic E-state index is 12.5. The number of esters is 1. The molecule has 4 aromatic rings. The van der Waals surface area contributed by atoms with Crippen LogP contribution in [0.15, 0.2) is 99.7 Å². The molecule has 0 unspecified atom stereocenters. The zero-order valence-electron chi connectivity index (χ0n) is 18.8. The molecule has 182 valence electrons. The van der Waals surface area contributed by atoms with Crippen LogP contribution >= 0.6 is 15.9 Å². The molecule has 4 rings (SSSR count). The van der Waals surface area contributed by atoms with Crippen LogP contribution in [-0.4, -0.2) is 30.1 Å². The Labute approximate surface area is 214 Å². The van der Waals surface area contributed by atoms with Crippen LogP contribution in [0.25, 0.3) is 10.8 Å². The Balaban J connectivity index is 0.00000361. The van der Waals surface area contributed by atoms with E-state index in [0.29, 0.717) is 5.56 Å². The van der Waals surface area contributed by atoms with Gasteiger partial charge in [-0.25, -0.2) is 10.2 Å². The van der Waals surface area contributed by atoms with Crippen molar-refractivity contribution < 1.29 is 19.8 Å². The molecule has 0 aliphatic carbocycles. The summed E-state index contributed by atoms with van der Waals surface area (Å²) in [6, 6.07) is 24.6. The smallest absolute Gasteiger partial charge is 0.343 e. The Morgan fingerprint density at radius 2 is 1.67 bits per heavy atom. The largest absolute Gasteiger partial charge is 0.422 e. The first kappa shape index (κ1) is 26.2. The van der Waals surface area contributed by atoms with Crippen molar-refractivity contribution in [3.63, 3.8) is 0 Å². The van der Waals surface area contributed by atoms with E-state index in [9.17, 15) is 14.5 Å². The number of ether oxygens (including phenoxy) is 1. The predicted octanol–water partition coefficient (Wildman–Crippen LogP) is 4.96. The minimum Gasteiger partial charge on any atom is -0.422 e. The number of anilines is 1. The van der Waals surface area contributed by atoms with Gasteiger partial charge < -0.3 is 15.5 Å². The highest BCUT2D eigenvalue weighted by atomic mass is 79.9. The molecular weight excluding hydrogens is 528 g/mol. The zero-order chi connectivity index (χ0) is 24.6. The molecule has 36 heavy (non-hydrogen) atoms. The van der Waals surface area contributed by atoms with Gasteiger partial charge in [0.1, 0.15) is 11.4 Å². The van der Waals surface area contributed by atoms with E-state index in [2.05, 4.69) is 37.0 Å². The average molecular weight is 549 g/mol. The van der Waals surface area contributed by atoms with Crippen LogP contribution in [0.2, 0.25) is 0 Å². The topological polar surface area (TPSA) is 141 Å². The number of hydrazone groups is 1.